The fourth-order valence-corrected chi connectivity index (χ4v) is 7.86. The Morgan fingerprint density at radius 1 is 1.03 bits per heavy atom. The van der Waals surface area contributed by atoms with Gasteiger partial charge in [-0.05, 0) is 55.2 Å². The largest absolute Gasteiger partial charge is 0.366 e. The van der Waals surface area contributed by atoms with Crippen LogP contribution in [0.4, 0.5) is 5.82 Å². The van der Waals surface area contributed by atoms with Crippen molar-refractivity contribution in [3.63, 3.8) is 0 Å². The minimum Gasteiger partial charge on any atom is -0.366 e. The van der Waals surface area contributed by atoms with Gasteiger partial charge >= 0.3 is 0 Å². The molecular weight excluding hydrogens is 552 g/mol. The molecule has 10 heteroatoms. The lowest BCUT2D eigenvalue weighted by Gasteiger charge is -2.22. The number of hydrogen-bond donors (Lipinski definition) is 2. The zero-order valence-electron chi connectivity index (χ0n) is 21.4. The summed E-state index contributed by atoms with van der Waals surface area (Å²) in [6.45, 7) is 3.19. The molecule has 1 fully saturated rings. The van der Waals surface area contributed by atoms with Crippen molar-refractivity contribution in [3.05, 3.63) is 99.9 Å². The summed E-state index contributed by atoms with van der Waals surface area (Å²) in [6.07, 6.45) is 1.09. The number of benzene rings is 2. The van der Waals surface area contributed by atoms with Crippen molar-refractivity contribution < 1.29 is 13.2 Å². The van der Waals surface area contributed by atoms with Crippen molar-refractivity contribution in [2.45, 2.75) is 43.1 Å². The van der Waals surface area contributed by atoms with E-state index in [-0.39, 0.29) is 16.7 Å². The SMILES string of the molecule is Cc1ccc(-c2cc(CNC(=O)C3CCCN3S(=O)(=O)c3ccc(Cl)s3)cc(NCc3ccccc3)n2)cc1. The van der Waals surface area contributed by atoms with E-state index >= 15 is 0 Å². The number of nitrogens with zero attached hydrogens (tertiary/aromatic N) is 2. The van der Waals surface area contributed by atoms with Crippen LogP contribution in [0.5, 0.6) is 0 Å². The van der Waals surface area contributed by atoms with Crippen LogP contribution < -0.4 is 10.6 Å². The third-order valence-corrected chi connectivity index (χ3v) is 10.2. The number of aryl methyl sites for hydroxylation is 1. The molecule has 3 heterocycles. The summed E-state index contributed by atoms with van der Waals surface area (Å²) in [6, 6.07) is 24.3. The molecule has 1 amide bonds. The highest BCUT2D eigenvalue weighted by atomic mass is 35.5. The summed E-state index contributed by atoms with van der Waals surface area (Å²) in [5, 5.41) is 6.36. The van der Waals surface area contributed by atoms with Crippen LogP contribution >= 0.6 is 22.9 Å². The van der Waals surface area contributed by atoms with Gasteiger partial charge < -0.3 is 10.6 Å². The molecule has 0 saturated carbocycles. The number of anilines is 1. The van der Waals surface area contributed by atoms with E-state index in [0.717, 1.165) is 39.3 Å². The number of aromatic nitrogens is 1. The Labute approximate surface area is 237 Å². The van der Waals surface area contributed by atoms with Crippen molar-refractivity contribution in [3.8, 4) is 11.3 Å². The van der Waals surface area contributed by atoms with Crippen LogP contribution in [0.15, 0.2) is 83.1 Å². The molecule has 1 aliphatic rings. The molecule has 4 aromatic rings. The molecule has 1 atom stereocenters. The van der Waals surface area contributed by atoms with Gasteiger partial charge in [-0.1, -0.05) is 71.8 Å². The molecule has 2 aromatic carbocycles. The van der Waals surface area contributed by atoms with E-state index in [1.165, 1.54) is 10.4 Å². The standard InChI is InChI=1S/C29H29ClN4O3S2/c1-20-9-11-23(12-10-20)24-16-22(17-27(33-24)31-18-21-6-3-2-4-7-21)19-32-29(35)25-8-5-15-34(25)39(36,37)28-14-13-26(30)38-28/h2-4,6-7,9-14,16-17,25H,5,8,15,18-19H2,1H3,(H,31,33)(H,32,35). The van der Waals surface area contributed by atoms with Gasteiger partial charge in [-0.25, -0.2) is 13.4 Å². The number of halogens is 1. The molecule has 202 valence electrons. The molecule has 39 heavy (non-hydrogen) atoms. The average molecular weight is 581 g/mol. The van der Waals surface area contributed by atoms with Crippen LogP contribution in [0.25, 0.3) is 11.3 Å². The van der Waals surface area contributed by atoms with Gasteiger partial charge in [-0.3, -0.25) is 4.79 Å². The fourth-order valence-electron chi connectivity index (χ4n) is 4.59. The van der Waals surface area contributed by atoms with Crippen molar-refractivity contribution in [1.29, 1.82) is 0 Å². The second kappa shape index (κ2) is 11.9. The van der Waals surface area contributed by atoms with E-state index < -0.39 is 16.1 Å². The first-order valence-corrected chi connectivity index (χ1v) is 15.3. The van der Waals surface area contributed by atoms with E-state index in [1.54, 1.807) is 6.07 Å². The smallest absolute Gasteiger partial charge is 0.253 e. The normalized spacial score (nSPS) is 15.8. The Morgan fingerprint density at radius 2 is 1.79 bits per heavy atom. The Hall–Kier alpha value is -3.24. The number of nitrogens with one attached hydrogen (secondary N) is 2. The van der Waals surface area contributed by atoms with Crippen molar-refractivity contribution >= 4 is 44.7 Å². The predicted molar refractivity (Wildman–Crippen MR) is 156 cm³/mol. The number of pyridine rings is 1. The van der Waals surface area contributed by atoms with Gasteiger partial charge in [0, 0.05) is 25.2 Å². The molecule has 0 radical (unpaired) electrons. The molecule has 0 aliphatic carbocycles. The van der Waals surface area contributed by atoms with E-state index in [0.29, 0.717) is 36.1 Å². The van der Waals surface area contributed by atoms with Crippen LogP contribution in [0.1, 0.15) is 29.5 Å². The van der Waals surface area contributed by atoms with Crippen molar-refractivity contribution in [2.24, 2.45) is 0 Å². The predicted octanol–water partition coefficient (Wildman–Crippen LogP) is 5.85. The molecule has 5 rings (SSSR count). The van der Waals surface area contributed by atoms with E-state index in [1.807, 2.05) is 73.7 Å². The van der Waals surface area contributed by atoms with E-state index in [4.69, 9.17) is 16.6 Å². The molecule has 1 saturated heterocycles. The number of carbonyl (C=O) groups is 1. The Bertz CT molecular complexity index is 1560. The maximum atomic E-state index is 13.2. The molecule has 2 aromatic heterocycles. The third kappa shape index (κ3) is 6.50. The molecule has 2 N–H and O–H groups in total. The van der Waals surface area contributed by atoms with Gasteiger partial charge in [-0.2, -0.15) is 4.31 Å². The van der Waals surface area contributed by atoms with Crippen LogP contribution in [0.2, 0.25) is 4.34 Å². The zero-order chi connectivity index (χ0) is 27.4. The van der Waals surface area contributed by atoms with Crippen LogP contribution in [0.3, 0.4) is 0 Å². The number of rotatable bonds is 9. The van der Waals surface area contributed by atoms with E-state index in [2.05, 4.69) is 10.6 Å². The number of thiophene rings is 1. The van der Waals surface area contributed by atoms with Crippen LogP contribution in [0, 0.1) is 6.92 Å². The Morgan fingerprint density at radius 3 is 2.51 bits per heavy atom. The Balaban J connectivity index is 1.34. The molecule has 1 aliphatic heterocycles. The maximum absolute atomic E-state index is 13.2. The molecule has 1 unspecified atom stereocenters. The topological polar surface area (TPSA) is 91.4 Å². The number of hydrogen-bond acceptors (Lipinski definition) is 6. The van der Waals surface area contributed by atoms with Gasteiger partial charge in [0.15, 0.2) is 0 Å². The highest BCUT2D eigenvalue weighted by Gasteiger charge is 2.40. The van der Waals surface area contributed by atoms with Gasteiger partial charge in [0.25, 0.3) is 10.0 Å². The Kier molecular flexibility index (Phi) is 8.32. The number of carbonyl (C=O) groups excluding carboxylic acids is 1. The fraction of sp³-hybridized carbons (Fsp3) is 0.241. The maximum Gasteiger partial charge on any atom is 0.253 e. The van der Waals surface area contributed by atoms with Gasteiger partial charge in [-0.15, -0.1) is 11.3 Å². The summed E-state index contributed by atoms with van der Waals surface area (Å²) < 4.78 is 28.2. The van der Waals surface area contributed by atoms with E-state index in [9.17, 15) is 13.2 Å². The van der Waals surface area contributed by atoms with Crippen molar-refractivity contribution in [1.82, 2.24) is 14.6 Å². The zero-order valence-corrected chi connectivity index (χ0v) is 23.8. The quantitative estimate of drug-likeness (QED) is 0.259. The highest BCUT2D eigenvalue weighted by Crippen LogP contribution is 2.32. The van der Waals surface area contributed by atoms with Crippen LogP contribution in [-0.4, -0.2) is 36.2 Å². The van der Waals surface area contributed by atoms with Gasteiger partial charge in [0.05, 0.1) is 10.0 Å². The average Bonchev–Trinajstić information content (AvgIpc) is 3.62. The summed E-state index contributed by atoms with van der Waals surface area (Å²) in [5.74, 6) is 0.382. The lowest BCUT2D eigenvalue weighted by atomic mass is 10.1. The first-order chi connectivity index (χ1) is 18.8. The minimum atomic E-state index is -3.80. The van der Waals surface area contributed by atoms with Crippen molar-refractivity contribution in [2.75, 3.05) is 11.9 Å². The lowest BCUT2D eigenvalue weighted by Crippen LogP contribution is -2.45. The number of amides is 1. The summed E-state index contributed by atoms with van der Waals surface area (Å²) in [4.78, 5) is 18.0. The third-order valence-electron chi connectivity index (χ3n) is 6.63. The second-order valence-electron chi connectivity index (χ2n) is 9.50. The summed E-state index contributed by atoms with van der Waals surface area (Å²) in [7, 11) is -3.80. The first kappa shape index (κ1) is 27.3. The highest BCUT2D eigenvalue weighted by molar-refractivity contribution is 7.91. The first-order valence-electron chi connectivity index (χ1n) is 12.7. The second-order valence-corrected chi connectivity index (χ2v) is 13.3. The number of sulfonamides is 1. The summed E-state index contributed by atoms with van der Waals surface area (Å²) >= 11 is 6.97. The van der Waals surface area contributed by atoms with Crippen LogP contribution in [-0.2, 0) is 27.9 Å². The van der Waals surface area contributed by atoms with Gasteiger partial charge in [0.2, 0.25) is 5.91 Å². The molecular formula is C29H29ClN4O3S2. The minimum absolute atomic E-state index is 0.151. The molecule has 0 spiro atoms. The lowest BCUT2D eigenvalue weighted by molar-refractivity contribution is -0.124. The monoisotopic (exact) mass is 580 g/mol. The van der Waals surface area contributed by atoms with Gasteiger partial charge in [0.1, 0.15) is 16.1 Å². The molecule has 7 nitrogen and oxygen atoms in total. The molecule has 0 bridgehead atoms. The summed E-state index contributed by atoms with van der Waals surface area (Å²) in [5.41, 5.74) is 4.91.